The summed E-state index contributed by atoms with van der Waals surface area (Å²) in [7, 11) is 0. The molecule has 1 aromatic carbocycles. The molecule has 0 aromatic heterocycles. The van der Waals surface area contributed by atoms with Crippen molar-refractivity contribution < 1.29 is 27.2 Å². The van der Waals surface area contributed by atoms with Crippen molar-refractivity contribution in [3.63, 3.8) is 0 Å². The number of carbonyl (C=O) groups is 2. The van der Waals surface area contributed by atoms with Crippen molar-refractivity contribution in [3.05, 3.63) is 35.6 Å². The standard InChI is InChI=1S/C18H22F4N2O2/c19-15-9-4-2-7-13(15)17(26)24-11-5-10-23-16(25)12-6-1-3-8-14(12)18(20,21)22/h2,4,7,9,12,14H,1,3,5-6,8,10-11H2,(H,23,25)(H,24,26)/t12-,14+/m1/s1. The average Bonchev–Trinajstić information content (AvgIpc) is 2.60. The third-order valence-electron chi connectivity index (χ3n) is 4.58. The molecule has 0 radical (unpaired) electrons. The van der Waals surface area contributed by atoms with Gasteiger partial charge in [-0.15, -0.1) is 0 Å². The van der Waals surface area contributed by atoms with Crippen molar-refractivity contribution in [2.24, 2.45) is 11.8 Å². The molecule has 1 fully saturated rings. The van der Waals surface area contributed by atoms with Gasteiger partial charge in [-0.3, -0.25) is 9.59 Å². The summed E-state index contributed by atoms with van der Waals surface area (Å²) in [6.45, 7) is 0.332. The molecule has 1 aromatic rings. The Kier molecular flexibility index (Phi) is 6.99. The maximum absolute atomic E-state index is 13.5. The average molecular weight is 374 g/mol. The van der Waals surface area contributed by atoms with E-state index >= 15 is 0 Å². The zero-order chi connectivity index (χ0) is 19.2. The second-order valence-corrected chi connectivity index (χ2v) is 6.42. The van der Waals surface area contributed by atoms with Gasteiger partial charge in [0.1, 0.15) is 5.82 Å². The molecule has 2 atom stereocenters. The Bertz CT molecular complexity index is 634. The molecule has 0 saturated heterocycles. The minimum atomic E-state index is -4.36. The van der Waals surface area contributed by atoms with Crippen molar-refractivity contribution in [2.75, 3.05) is 13.1 Å². The van der Waals surface area contributed by atoms with E-state index in [9.17, 15) is 27.2 Å². The number of amides is 2. The van der Waals surface area contributed by atoms with E-state index in [2.05, 4.69) is 10.6 Å². The first-order valence-corrected chi connectivity index (χ1v) is 8.68. The van der Waals surface area contributed by atoms with Gasteiger partial charge in [-0.05, 0) is 31.4 Å². The van der Waals surface area contributed by atoms with Gasteiger partial charge >= 0.3 is 6.18 Å². The predicted molar refractivity (Wildman–Crippen MR) is 87.9 cm³/mol. The molecular formula is C18H22F4N2O2. The summed E-state index contributed by atoms with van der Waals surface area (Å²) < 4.78 is 52.5. The molecule has 0 aliphatic heterocycles. The summed E-state index contributed by atoms with van der Waals surface area (Å²) in [5.41, 5.74) is -0.0771. The molecule has 4 nitrogen and oxygen atoms in total. The van der Waals surface area contributed by atoms with Crippen LogP contribution < -0.4 is 10.6 Å². The molecule has 0 unspecified atom stereocenters. The van der Waals surface area contributed by atoms with Crippen LogP contribution in [0.1, 0.15) is 42.5 Å². The molecule has 8 heteroatoms. The molecule has 26 heavy (non-hydrogen) atoms. The fourth-order valence-electron chi connectivity index (χ4n) is 3.21. The monoisotopic (exact) mass is 374 g/mol. The van der Waals surface area contributed by atoms with E-state index in [1.54, 1.807) is 6.07 Å². The summed E-state index contributed by atoms with van der Waals surface area (Å²) >= 11 is 0. The van der Waals surface area contributed by atoms with Crippen molar-refractivity contribution in [2.45, 2.75) is 38.3 Å². The highest BCUT2D eigenvalue weighted by Crippen LogP contribution is 2.41. The Hall–Kier alpha value is -2.12. The highest BCUT2D eigenvalue weighted by atomic mass is 19.4. The molecule has 0 bridgehead atoms. The Morgan fingerprint density at radius 1 is 1.04 bits per heavy atom. The Labute approximate surface area is 149 Å². The van der Waals surface area contributed by atoms with E-state index < -0.39 is 35.6 Å². The van der Waals surface area contributed by atoms with E-state index in [4.69, 9.17) is 0 Å². The van der Waals surface area contributed by atoms with E-state index in [1.807, 2.05) is 0 Å². The van der Waals surface area contributed by atoms with E-state index in [0.717, 1.165) is 0 Å². The minimum Gasteiger partial charge on any atom is -0.356 e. The minimum absolute atomic E-state index is 0.0136. The first kappa shape index (κ1) is 20.2. The Morgan fingerprint density at radius 3 is 2.38 bits per heavy atom. The van der Waals surface area contributed by atoms with Crippen molar-refractivity contribution in [1.29, 1.82) is 0 Å². The van der Waals surface area contributed by atoms with Crippen molar-refractivity contribution >= 4 is 11.8 Å². The van der Waals surface area contributed by atoms with Gasteiger partial charge in [-0.25, -0.2) is 4.39 Å². The molecule has 1 aliphatic carbocycles. The largest absolute Gasteiger partial charge is 0.392 e. The van der Waals surface area contributed by atoms with Gasteiger partial charge in [-0.2, -0.15) is 13.2 Å². The van der Waals surface area contributed by atoms with Crippen LogP contribution in [0.3, 0.4) is 0 Å². The highest BCUT2D eigenvalue weighted by molar-refractivity contribution is 5.94. The van der Waals surface area contributed by atoms with Gasteiger partial charge in [0.15, 0.2) is 0 Å². The molecule has 144 valence electrons. The van der Waals surface area contributed by atoms with Gasteiger partial charge in [0.05, 0.1) is 11.5 Å². The molecule has 1 saturated carbocycles. The summed E-state index contributed by atoms with van der Waals surface area (Å²) in [5, 5.41) is 5.03. The predicted octanol–water partition coefficient (Wildman–Crippen LogP) is 3.43. The number of carbonyl (C=O) groups excluding carboxylic acids is 2. The van der Waals surface area contributed by atoms with Crippen LogP contribution in [0.5, 0.6) is 0 Å². The Balaban J connectivity index is 1.73. The maximum Gasteiger partial charge on any atom is 0.392 e. The second kappa shape index (κ2) is 9.00. The molecule has 2 N–H and O–H groups in total. The number of hydrogen-bond donors (Lipinski definition) is 2. The maximum atomic E-state index is 13.5. The molecule has 0 heterocycles. The van der Waals surface area contributed by atoms with Crippen LogP contribution in [0.2, 0.25) is 0 Å². The lowest BCUT2D eigenvalue weighted by atomic mass is 9.78. The highest BCUT2D eigenvalue weighted by Gasteiger charge is 2.47. The molecule has 2 rings (SSSR count). The quantitative estimate of drug-likeness (QED) is 0.592. The third kappa shape index (κ3) is 5.44. The zero-order valence-corrected chi connectivity index (χ0v) is 14.2. The number of alkyl halides is 3. The number of benzene rings is 1. The fourth-order valence-corrected chi connectivity index (χ4v) is 3.21. The van der Waals surface area contributed by atoms with E-state index in [0.29, 0.717) is 19.3 Å². The van der Waals surface area contributed by atoms with Gasteiger partial charge < -0.3 is 10.6 Å². The summed E-state index contributed by atoms with van der Waals surface area (Å²) in [6, 6.07) is 5.55. The number of rotatable bonds is 6. The first-order chi connectivity index (χ1) is 12.3. The number of hydrogen-bond acceptors (Lipinski definition) is 2. The van der Waals surface area contributed by atoms with Crippen LogP contribution in [0.15, 0.2) is 24.3 Å². The second-order valence-electron chi connectivity index (χ2n) is 6.42. The smallest absolute Gasteiger partial charge is 0.356 e. The molecule has 0 spiro atoms. The first-order valence-electron chi connectivity index (χ1n) is 8.68. The molecule has 1 aliphatic rings. The van der Waals surface area contributed by atoms with E-state index in [1.165, 1.54) is 18.2 Å². The number of halogens is 4. The van der Waals surface area contributed by atoms with Gasteiger partial charge in [-0.1, -0.05) is 25.0 Å². The summed E-state index contributed by atoms with van der Waals surface area (Å²) in [6.07, 6.45) is -2.70. The molecule has 2 amide bonds. The topological polar surface area (TPSA) is 58.2 Å². The summed E-state index contributed by atoms with van der Waals surface area (Å²) in [5.74, 6) is -4.42. The van der Waals surface area contributed by atoms with Crippen LogP contribution in [0.25, 0.3) is 0 Å². The normalized spacial score (nSPS) is 20.5. The van der Waals surface area contributed by atoms with Crippen LogP contribution in [-0.4, -0.2) is 31.1 Å². The van der Waals surface area contributed by atoms with Crippen LogP contribution in [0, 0.1) is 17.7 Å². The zero-order valence-electron chi connectivity index (χ0n) is 14.2. The lowest BCUT2D eigenvalue weighted by Gasteiger charge is -2.32. The SMILES string of the molecule is O=C(NCCCNC(=O)[C@@H]1CCCC[C@@H]1C(F)(F)F)c1ccccc1F. The third-order valence-corrected chi connectivity index (χ3v) is 4.58. The van der Waals surface area contributed by atoms with Crippen LogP contribution in [0.4, 0.5) is 17.6 Å². The van der Waals surface area contributed by atoms with Gasteiger partial charge in [0, 0.05) is 19.0 Å². The number of nitrogens with one attached hydrogen (secondary N) is 2. The van der Waals surface area contributed by atoms with Gasteiger partial charge in [0.2, 0.25) is 5.91 Å². The van der Waals surface area contributed by atoms with Crippen molar-refractivity contribution in [1.82, 2.24) is 10.6 Å². The fraction of sp³-hybridized carbons (Fsp3) is 0.556. The summed E-state index contributed by atoms with van der Waals surface area (Å²) in [4.78, 5) is 23.9. The lowest BCUT2D eigenvalue weighted by molar-refractivity contribution is -0.198. The van der Waals surface area contributed by atoms with Gasteiger partial charge in [0.25, 0.3) is 5.91 Å². The van der Waals surface area contributed by atoms with Crippen LogP contribution in [-0.2, 0) is 4.79 Å². The van der Waals surface area contributed by atoms with Crippen molar-refractivity contribution in [3.8, 4) is 0 Å². The van der Waals surface area contributed by atoms with Crippen LogP contribution >= 0.6 is 0 Å². The lowest BCUT2D eigenvalue weighted by Crippen LogP contribution is -2.43. The molecular weight excluding hydrogens is 352 g/mol. The van der Waals surface area contributed by atoms with E-state index in [-0.39, 0.29) is 31.5 Å². The Morgan fingerprint density at radius 2 is 1.69 bits per heavy atom.